The van der Waals surface area contributed by atoms with Gasteiger partial charge in [-0.2, -0.15) is 0 Å². The summed E-state index contributed by atoms with van der Waals surface area (Å²) in [7, 11) is 1.65. The SMILES string of the molecule is COc1cc(CN)ccc1OCC1CCOCC1. The molecule has 0 spiro atoms. The average molecular weight is 251 g/mol. The second-order valence-electron chi connectivity index (χ2n) is 4.56. The Labute approximate surface area is 108 Å². The van der Waals surface area contributed by atoms with Crippen molar-refractivity contribution in [2.75, 3.05) is 26.9 Å². The Morgan fingerprint density at radius 2 is 2.06 bits per heavy atom. The molecular weight excluding hydrogens is 230 g/mol. The lowest BCUT2D eigenvalue weighted by Gasteiger charge is -2.22. The first-order chi connectivity index (χ1) is 8.83. The zero-order valence-corrected chi connectivity index (χ0v) is 10.9. The van der Waals surface area contributed by atoms with Gasteiger partial charge in [-0.3, -0.25) is 0 Å². The fourth-order valence-electron chi connectivity index (χ4n) is 2.08. The predicted molar refractivity (Wildman–Crippen MR) is 69.9 cm³/mol. The largest absolute Gasteiger partial charge is 0.493 e. The van der Waals surface area contributed by atoms with E-state index in [1.54, 1.807) is 7.11 Å². The lowest BCUT2D eigenvalue weighted by Crippen LogP contribution is -2.21. The molecule has 0 bridgehead atoms. The van der Waals surface area contributed by atoms with Crippen LogP contribution in [0, 0.1) is 5.92 Å². The van der Waals surface area contributed by atoms with E-state index in [1.165, 1.54) is 0 Å². The van der Waals surface area contributed by atoms with Gasteiger partial charge in [0.1, 0.15) is 0 Å². The van der Waals surface area contributed by atoms with E-state index >= 15 is 0 Å². The number of hydrogen-bond donors (Lipinski definition) is 1. The highest BCUT2D eigenvalue weighted by Crippen LogP contribution is 2.29. The van der Waals surface area contributed by atoms with Gasteiger partial charge in [-0.1, -0.05) is 6.07 Å². The summed E-state index contributed by atoms with van der Waals surface area (Å²) in [4.78, 5) is 0. The van der Waals surface area contributed by atoms with E-state index in [2.05, 4.69) is 0 Å². The second kappa shape index (κ2) is 6.61. The monoisotopic (exact) mass is 251 g/mol. The smallest absolute Gasteiger partial charge is 0.161 e. The molecule has 2 rings (SSSR count). The van der Waals surface area contributed by atoms with E-state index in [1.807, 2.05) is 18.2 Å². The van der Waals surface area contributed by atoms with E-state index in [0.717, 1.165) is 49.7 Å². The van der Waals surface area contributed by atoms with E-state index < -0.39 is 0 Å². The van der Waals surface area contributed by atoms with Crippen LogP contribution in [0.25, 0.3) is 0 Å². The zero-order valence-electron chi connectivity index (χ0n) is 10.9. The Bertz CT molecular complexity index is 375. The average Bonchev–Trinajstić information content (AvgIpc) is 2.46. The van der Waals surface area contributed by atoms with Gasteiger partial charge >= 0.3 is 0 Å². The Morgan fingerprint density at radius 1 is 1.28 bits per heavy atom. The molecule has 1 aliphatic rings. The number of methoxy groups -OCH3 is 1. The van der Waals surface area contributed by atoms with Crippen LogP contribution >= 0.6 is 0 Å². The second-order valence-corrected chi connectivity index (χ2v) is 4.56. The standard InChI is InChI=1S/C14H21NO3/c1-16-14-8-12(9-15)2-3-13(14)18-10-11-4-6-17-7-5-11/h2-3,8,11H,4-7,9-10,15H2,1H3. The molecule has 0 saturated carbocycles. The summed E-state index contributed by atoms with van der Waals surface area (Å²) in [5.41, 5.74) is 6.65. The molecule has 100 valence electrons. The van der Waals surface area contributed by atoms with Crippen molar-refractivity contribution in [3.05, 3.63) is 23.8 Å². The van der Waals surface area contributed by atoms with Crippen LogP contribution in [0.2, 0.25) is 0 Å². The van der Waals surface area contributed by atoms with Gasteiger partial charge in [-0.25, -0.2) is 0 Å². The van der Waals surface area contributed by atoms with Crippen LogP contribution in [-0.2, 0) is 11.3 Å². The van der Waals surface area contributed by atoms with Gasteiger partial charge in [0.05, 0.1) is 13.7 Å². The van der Waals surface area contributed by atoms with Gasteiger partial charge in [-0.15, -0.1) is 0 Å². The quantitative estimate of drug-likeness (QED) is 0.869. The Kier molecular flexibility index (Phi) is 4.84. The highest BCUT2D eigenvalue weighted by molar-refractivity contribution is 5.42. The first kappa shape index (κ1) is 13.2. The maximum Gasteiger partial charge on any atom is 0.161 e. The van der Waals surface area contributed by atoms with E-state index in [4.69, 9.17) is 19.9 Å². The van der Waals surface area contributed by atoms with Crippen molar-refractivity contribution >= 4 is 0 Å². The van der Waals surface area contributed by atoms with Crippen LogP contribution in [0.3, 0.4) is 0 Å². The summed E-state index contributed by atoms with van der Waals surface area (Å²) < 4.78 is 16.5. The topological polar surface area (TPSA) is 53.7 Å². The van der Waals surface area contributed by atoms with Crippen LogP contribution < -0.4 is 15.2 Å². The molecule has 1 saturated heterocycles. The zero-order chi connectivity index (χ0) is 12.8. The minimum atomic E-state index is 0.511. The minimum Gasteiger partial charge on any atom is -0.493 e. The van der Waals surface area contributed by atoms with Crippen LogP contribution in [-0.4, -0.2) is 26.9 Å². The third-order valence-corrected chi connectivity index (χ3v) is 3.28. The molecule has 1 fully saturated rings. The van der Waals surface area contributed by atoms with E-state index in [9.17, 15) is 0 Å². The molecule has 1 aliphatic heterocycles. The molecule has 0 aromatic heterocycles. The normalized spacial score (nSPS) is 16.6. The van der Waals surface area contributed by atoms with E-state index in [0.29, 0.717) is 12.5 Å². The summed E-state index contributed by atoms with van der Waals surface area (Å²) in [5.74, 6) is 2.13. The highest BCUT2D eigenvalue weighted by Gasteiger charge is 2.15. The molecule has 0 radical (unpaired) electrons. The van der Waals surface area contributed by atoms with Crippen molar-refractivity contribution in [3.63, 3.8) is 0 Å². The maximum absolute atomic E-state index is 5.85. The van der Waals surface area contributed by atoms with Crippen molar-refractivity contribution < 1.29 is 14.2 Å². The van der Waals surface area contributed by atoms with Gasteiger partial charge in [0, 0.05) is 19.8 Å². The van der Waals surface area contributed by atoms with Crippen molar-refractivity contribution in [1.82, 2.24) is 0 Å². The number of benzene rings is 1. The molecule has 4 nitrogen and oxygen atoms in total. The van der Waals surface area contributed by atoms with Gasteiger partial charge in [0.2, 0.25) is 0 Å². The first-order valence-corrected chi connectivity index (χ1v) is 6.41. The highest BCUT2D eigenvalue weighted by atomic mass is 16.5. The van der Waals surface area contributed by atoms with Crippen LogP contribution in [0.15, 0.2) is 18.2 Å². The number of ether oxygens (including phenoxy) is 3. The van der Waals surface area contributed by atoms with Crippen molar-refractivity contribution in [3.8, 4) is 11.5 Å². The molecule has 2 N–H and O–H groups in total. The molecule has 18 heavy (non-hydrogen) atoms. The van der Waals surface area contributed by atoms with Crippen LogP contribution in [0.4, 0.5) is 0 Å². The summed E-state index contributed by atoms with van der Waals surface area (Å²) in [5, 5.41) is 0. The van der Waals surface area contributed by atoms with Gasteiger partial charge in [0.25, 0.3) is 0 Å². The van der Waals surface area contributed by atoms with Crippen molar-refractivity contribution in [2.45, 2.75) is 19.4 Å². The molecule has 0 atom stereocenters. The summed E-state index contributed by atoms with van der Waals surface area (Å²) in [6, 6.07) is 5.83. The first-order valence-electron chi connectivity index (χ1n) is 6.41. The number of hydrogen-bond acceptors (Lipinski definition) is 4. The van der Waals surface area contributed by atoms with Crippen molar-refractivity contribution in [1.29, 1.82) is 0 Å². The summed E-state index contributed by atoms with van der Waals surface area (Å²) in [6.07, 6.45) is 2.15. The summed E-state index contributed by atoms with van der Waals surface area (Å²) in [6.45, 7) is 2.92. The molecule has 4 heteroatoms. The molecule has 1 aromatic carbocycles. The number of rotatable bonds is 5. The third-order valence-electron chi connectivity index (χ3n) is 3.28. The Morgan fingerprint density at radius 3 is 2.72 bits per heavy atom. The van der Waals surface area contributed by atoms with Gasteiger partial charge in [-0.05, 0) is 36.5 Å². The molecule has 1 aromatic rings. The third kappa shape index (κ3) is 3.37. The van der Waals surface area contributed by atoms with Crippen LogP contribution in [0.5, 0.6) is 11.5 Å². The molecular formula is C14H21NO3. The molecule has 0 amide bonds. The Balaban J connectivity index is 1.95. The fourth-order valence-corrected chi connectivity index (χ4v) is 2.08. The van der Waals surface area contributed by atoms with Crippen LogP contribution in [0.1, 0.15) is 18.4 Å². The lowest BCUT2D eigenvalue weighted by atomic mass is 10.0. The van der Waals surface area contributed by atoms with Gasteiger partial charge in [0.15, 0.2) is 11.5 Å². The Hall–Kier alpha value is -1.26. The molecule has 0 unspecified atom stereocenters. The van der Waals surface area contributed by atoms with Crippen molar-refractivity contribution in [2.24, 2.45) is 11.7 Å². The lowest BCUT2D eigenvalue weighted by molar-refractivity contribution is 0.0493. The van der Waals surface area contributed by atoms with E-state index in [-0.39, 0.29) is 0 Å². The molecule has 0 aliphatic carbocycles. The molecule has 1 heterocycles. The minimum absolute atomic E-state index is 0.511. The maximum atomic E-state index is 5.85. The number of nitrogens with two attached hydrogens (primary N) is 1. The fraction of sp³-hybridized carbons (Fsp3) is 0.571. The van der Waals surface area contributed by atoms with Gasteiger partial charge < -0.3 is 19.9 Å². The predicted octanol–water partition coefficient (Wildman–Crippen LogP) is 1.96. The summed E-state index contributed by atoms with van der Waals surface area (Å²) >= 11 is 0.